The van der Waals surface area contributed by atoms with Crippen molar-refractivity contribution in [3.05, 3.63) is 35.5 Å². The lowest BCUT2D eigenvalue weighted by Crippen LogP contribution is -2.51. The molecular weight excluding hydrogens is 250 g/mol. The van der Waals surface area contributed by atoms with Gasteiger partial charge in [0.1, 0.15) is 0 Å². The number of aryl methyl sites for hydroxylation is 1. The summed E-state index contributed by atoms with van der Waals surface area (Å²) in [5.74, 6) is 0.350. The van der Waals surface area contributed by atoms with Gasteiger partial charge in [-0.05, 0) is 24.0 Å². The number of H-pyrrole nitrogens is 1. The van der Waals surface area contributed by atoms with E-state index in [9.17, 15) is 4.79 Å². The van der Waals surface area contributed by atoms with Gasteiger partial charge in [-0.1, -0.05) is 25.1 Å². The van der Waals surface area contributed by atoms with Gasteiger partial charge in [0.25, 0.3) is 0 Å². The number of hydrogen-bond donors (Lipinski definition) is 3. The fourth-order valence-corrected chi connectivity index (χ4v) is 2.72. The summed E-state index contributed by atoms with van der Waals surface area (Å²) in [6, 6.07) is 6.42. The van der Waals surface area contributed by atoms with Crippen LogP contribution in [-0.4, -0.2) is 30.5 Å². The van der Waals surface area contributed by atoms with Crippen molar-refractivity contribution < 1.29 is 4.79 Å². The number of aromatic amines is 1. The van der Waals surface area contributed by atoms with E-state index in [0.717, 1.165) is 25.9 Å². The Morgan fingerprint density at radius 3 is 2.90 bits per heavy atom. The van der Waals surface area contributed by atoms with E-state index in [-0.39, 0.29) is 11.8 Å². The van der Waals surface area contributed by atoms with Crippen LogP contribution in [-0.2, 0) is 17.6 Å². The van der Waals surface area contributed by atoms with Gasteiger partial charge in [-0.15, -0.1) is 0 Å². The summed E-state index contributed by atoms with van der Waals surface area (Å²) in [6.45, 7) is 4.51. The molecule has 0 saturated carbocycles. The number of rotatable bonds is 5. The van der Waals surface area contributed by atoms with Gasteiger partial charge in [0.05, 0.1) is 5.92 Å². The van der Waals surface area contributed by atoms with Crippen LogP contribution in [0.15, 0.2) is 24.4 Å². The third-order valence-corrected chi connectivity index (χ3v) is 4.11. The van der Waals surface area contributed by atoms with Gasteiger partial charge in [-0.25, -0.2) is 0 Å². The number of carbonyl (C=O) groups excluding carboxylic acids is 1. The predicted molar refractivity (Wildman–Crippen MR) is 80.8 cm³/mol. The molecule has 1 aliphatic heterocycles. The molecule has 3 N–H and O–H groups in total. The molecule has 0 radical (unpaired) electrons. The van der Waals surface area contributed by atoms with E-state index in [1.165, 1.54) is 22.0 Å². The summed E-state index contributed by atoms with van der Waals surface area (Å²) in [4.78, 5) is 15.1. The maximum atomic E-state index is 11.8. The monoisotopic (exact) mass is 271 g/mol. The summed E-state index contributed by atoms with van der Waals surface area (Å²) < 4.78 is 0. The lowest BCUT2D eigenvalue weighted by Gasteiger charge is -2.25. The second-order valence-corrected chi connectivity index (χ2v) is 5.40. The van der Waals surface area contributed by atoms with Crippen LogP contribution in [0.1, 0.15) is 18.1 Å². The standard InChI is InChI=1S/C16H21N3O/c1-2-11-4-3-5-14-12(10-19-15(11)14)6-7-18-16(20)13-8-17-9-13/h3-5,10,13,17,19H,2,6-9H2,1H3,(H,18,20). The molecule has 1 saturated heterocycles. The Morgan fingerprint density at radius 2 is 2.20 bits per heavy atom. The third-order valence-electron chi connectivity index (χ3n) is 4.11. The second-order valence-electron chi connectivity index (χ2n) is 5.40. The minimum absolute atomic E-state index is 0.171. The van der Waals surface area contributed by atoms with Crippen LogP contribution in [0.5, 0.6) is 0 Å². The average Bonchev–Trinajstić information content (AvgIpc) is 2.80. The molecule has 0 atom stereocenters. The summed E-state index contributed by atoms with van der Waals surface area (Å²) in [6.07, 6.45) is 3.97. The molecule has 0 bridgehead atoms. The van der Waals surface area contributed by atoms with Crippen LogP contribution in [0, 0.1) is 5.92 Å². The maximum Gasteiger partial charge on any atom is 0.225 e. The molecular formula is C16H21N3O. The molecule has 2 aromatic rings. The number of hydrogen-bond acceptors (Lipinski definition) is 2. The van der Waals surface area contributed by atoms with Gasteiger partial charge in [0, 0.05) is 36.7 Å². The highest BCUT2D eigenvalue weighted by molar-refractivity contribution is 5.86. The van der Waals surface area contributed by atoms with Crippen molar-refractivity contribution in [1.82, 2.24) is 15.6 Å². The van der Waals surface area contributed by atoms with Gasteiger partial charge in [-0.2, -0.15) is 0 Å². The summed E-state index contributed by atoms with van der Waals surface area (Å²) in [5, 5.41) is 7.42. The second kappa shape index (κ2) is 5.67. The van der Waals surface area contributed by atoms with E-state index < -0.39 is 0 Å². The molecule has 2 heterocycles. The molecule has 0 spiro atoms. The van der Waals surface area contributed by atoms with Crippen molar-refractivity contribution in [3.8, 4) is 0 Å². The smallest absolute Gasteiger partial charge is 0.225 e. The summed E-state index contributed by atoms with van der Waals surface area (Å²) in [5.41, 5.74) is 3.86. The summed E-state index contributed by atoms with van der Waals surface area (Å²) in [7, 11) is 0. The first kappa shape index (κ1) is 13.2. The van der Waals surface area contributed by atoms with Crippen LogP contribution < -0.4 is 10.6 Å². The quantitative estimate of drug-likeness (QED) is 0.774. The molecule has 106 valence electrons. The minimum Gasteiger partial charge on any atom is -0.361 e. The van der Waals surface area contributed by atoms with Crippen molar-refractivity contribution in [2.45, 2.75) is 19.8 Å². The van der Waals surface area contributed by atoms with E-state index in [2.05, 4.69) is 46.9 Å². The van der Waals surface area contributed by atoms with Gasteiger partial charge < -0.3 is 15.6 Å². The van der Waals surface area contributed by atoms with Crippen LogP contribution in [0.3, 0.4) is 0 Å². The average molecular weight is 271 g/mol. The third kappa shape index (κ3) is 2.43. The van der Waals surface area contributed by atoms with E-state index in [4.69, 9.17) is 0 Å². The summed E-state index contributed by atoms with van der Waals surface area (Å²) >= 11 is 0. The molecule has 3 rings (SSSR count). The zero-order valence-corrected chi connectivity index (χ0v) is 11.8. The zero-order chi connectivity index (χ0) is 13.9. The first-order valence-corrected chi connectivity index (χ1v) is 7.36. The van der Waals surface area contributed by atoms with Gasteiger partial charge in [0.2, 0.25) is 5.91 Å². The molecule has 1 aromatic heterocycles. The molecule has 1 fully saturated rings. The SMILES string of the molecule is CCc1cccc2c(CCNC(=O)C3CNC3)c[nH]c12. The van der Waals surface area contributed by atoms with Crippen LogP contribution in [0.2, 0.25) is 0 Å². The van der Waals surface area contributed by atoms with Crippen molar-refractivity contribution >= 4 is 16.8 Å². The highest BCUT2D eigenvalue weighted by Crippen LogP contribution is 2.22. The molecule has 0 aliphatic carbocycles. The lowest BCUT2D eigenvalue weighted by molar-refractivity contribution is -0.126. The van der Waals surface area contributed by atoms with Crippen LogP contribution in [0.25, 0.3) is 10.9 Å². The fourth-order valence-electron chi connectivity index (χ4n) is 2.72. The van der Waals surface area contributed by atoms with Crippen molar-refractivity contribution in [2.75, 3.05) is 19.6 Å². The van der Waals surface area contributed by atoms with Crippen molar-refractivity contribution in [2.24, 2.45) is 5.92 Å². The Labute approximate surface area is 118 Å². The molecule has 20 heavy (non-hydrogen) atoms. The Morgan fingerprint density at radius 1 is 1.35 bits per heavy atom. The minimum atomic E-state index is 0.171. The Hall–Kier alpha value is -1.81. The first-order chi connectivity index (χ1) is 9.79. The number of fused-ring (bicyclic) bond motifs is 1. The van der Waals surface area contributed by atoms with E-state index in [0.29, 0.717) is 6.54 Å². The highest BCUT2D eigenvalue weighted by Gasteiger charge is 2.24. The maximum absolute atomic E-state index is 11.8. The van der Waals surface area contributed by atoms with Crippen molar-refractivity contribution in [1.29, 1.82) is 0 Å². The molecule has 1 aliphatic rings. The topological polar surface area (TPSA) is 56.9 Å². The lowest BCUT2D eigenvalue weighted by atomic mass is 10.0. The molecule has 1 amide bonds. The van der Waals surface area contributed by atoms with Crippen molar-refractivity contribution in [3.63, 3.8) is 0 Å². The fraction of sp³-hybridized carbons (Fsp3) is 0.438. The largest absolute Gasteiger partial charge is 0.361 e. The molecule has 1 aromatic carbocycles. The Bertz CT molecular complexity index is 613. The number of para-hydroxylation sites is 1. The molecule has 0 unspecified atom stereocenters. The number of amides is 1. The van der Waals surface area contributed by atoms with Gasteiger partial charge in [0.15, 0.2) is 0 Å². The molecule has 4 nitrogen and oxygen atoms in total. The first-order valence-electron chi connectivity index (χ1n) is 7.36. The number of aromatic nitrogens is 1. The number of benzene rings is 1. The van der Waals surface area contributed by atoms with E-state index in [1.807, 2.05) is 0 Å². The molecule has 4 heteroatoms. The van der Waals surface area contributed by atoms with Gasteiger partial charge >= 0.3 is 0 Å². The normalized spacial score (nSPS) is 15.2. The zero-order valence-electron chi connectivity index (χ0n) is 11.8. The Balaban J connectivity index is 1.64. The van der Waals surface area contributed by atoms with Crippen LogP contribution >= 0.6 is 0 Å². The highest BCUT2D eigenvalue weighted by atomic mass is 16.2. The number of carbonyl (C=O) groups is 1. The van der Waals surface area contributed by atoms with Gasteiger partial charge in [-0.3, -0.25) is 4.79 Å². The Kier molecular flexibility index (Phi) is 3.74. The predicted octanol–water partition coefficient (Wildman–Crippen LogP) is 1.61. The van der Waals surface area contributed by atoms with E-state index >= 15 is 0 Å². The van der Waals surface area contributed by atoms with E-state index in [1.54, 1.807) is 0 Å². The number of nitrogens with one attached hydrogen (secondary N) is 3. The van der Waals surface area contributed by atoms with Crippen LogP contribution in [0.4, 0.5) is 0 Å².